The van der Waals surface area contributed by atoms with Gasteiger partial charge in [-0.05, 0) is 48.6 Å². The maximum absolute atomic E-state index is 12.8. The Morgan fingerprint density at radius 1 is 1.19 bits per heavy atom. The number of rotatable bonds is 7. The van der Waals surface area contributed by atoms with Gasteiger partial charge in [-0.1, -0.05) is 18.2 Å². The number of pyridine rings is 1. The monoisotopic (exact) mass is 387 g/mol. The number of hydrogen-bond acceptors (Lipinski definition) is 4. The minimum absolute atomic E-state index is 0.00611. The molecule has 0 unspecified atom stereocenters. The number of carbonyl (C=O) groups is 1. The van der Waals surface area contributed by atoms with E-state index in [9.17, 15) is 13.2 Å². The number of aromatic nitrogens is 1. The van der Waals surface area contributed by atoms with Crippen LogP contribution in [-0.4, -0.2) is 50.1 Å². The third-order valence-corrected chi connectivity index (χ3v) is 6.66. The van der Waals surface area contributed by atoms with Gasteiger partial charge in [0.1, 0.15) is 0 Å². The average molecular weight is 388 g/mol. The Morgan fingerprint density at radius 3 is 2.70 bits per heavy atom. The second-order valence-electron chi connectivity index (χ2n) is 6.79. The molecular weight excluding hydrogens is 362 g/mol. The van der Waals surface area contributed by atoms with Crippen LogP contribution in [-0.2, 0) is 27.7 Å². The minimum atomic E-state index is -3.51. The third kappa shape index (κ3) is 4.86. The number of fused-ring (bicyclic) bond motifs is 1. The first-order chi connectivity index (χ1) is 13.0. The smallest absolute Gasteiger partial charge is 0.235 e. The number of nitrogens with zero attached hydrogens (tertiary/aromatic N) is 3. The Balaban J connectivity index is 1.56. The van der Waals surface area contributed by atoms with Gasteiger partial charge in [0.15, 0.2) is 0 Å². The predicted octanol–water partition coefficient (Wildman–Crippen LogP) is 2.26. The van der Waals surface area contributed by atoms with E-state index in [1.54, 1.807) is 24.3 Å². The van der Waals surface area contributed by atoms with E-state index in [2.05, 4.69) is 4.98 Å². The molecule has 0 N–H and O–H groups in total. The van der Waals surface area contributed by atoms with Gasteiger partial charge >= 0.3 is 0 Å². The zero-order chi connectivity index (χ0) is 19.3. The SMILES string of the molecule is CN(CCc1ccncc1)C(=O)CCS(=O)(=O)N1CCCc2ccccc21. The van der Waals surface area contributed by atoms with Crippen molar-refractivity contribution in [1.29, 1.82) is 0 Å². The Hall–Kier alpha value is -2.41. The van der Waals surface area contributed by atoms with E-state index in [0.717, 1.165) is 36.1 Å². The highest BCUT2D eigenvalue weighted by molar-refractivity contribution is 7.92. The minimum Gasteiger partial charge on any atom is -0.345 e. The van der Waals surface area contributed by atoms with E-state index in [4.69, 9.17) is 0 Å². The molecule has 0 spiro atoms. The second-order valence-corrected chi connectivity index (χ2v) is 8.80. The molecule has 0 radical (unpaired) electrons. The highest BCUT2D eigenvalue weighted by atomic mass is 32.2. The summed E-state index contributed by atoms with van der Waals surface area (Å²) in [6.45, 7) is 1.03. The molecular formula is C20H25N3O3S. The molecule has 3 rings (SSSR count). The fraction of sp³-hybridized carbons (Fsp3) is 0.400. The van der Waals surface area contributed by atoms with Gasteiger partial charge in [0, 0.05) is 39.0 Å². The number of aryl methyl sites for hydroxylation is 1. The Bertz CT molecular complexity index is 884. The van der Waals surface area contributed by atoms with E-state index in [-0.39, 0.29) is 18.1 Å². The van der Waals surface area contributed by atoms with Crippen molar-refractivity contribution in [1.82, 2.24) is 9.88 Å². The van der Waals surface area contributed by atoms with Gasteiger partial charge in [-0.2, -0.15) is 0 Å². The molecule has 1 aromatic carbocycles. The van der Waals surface area contributed by atoms with E-state index in [0.29, 0.717) is 13.1 Å². The van der Waals surface area contributed by atoms with Gasteiger partial charge in [-0.25, -0.2) is 8.42 Å². The molecule has 0 aliphatic carbocycles. The van der Waals surface area contributed by atoms with Crippen LogP contribution in [0.4, 0.5) is 5.69 Å². The number of sulfonamides is 1. The molecule has 0 saturated carbocycles. The number of hydrogen-bond donors (Lipinski definition) is 0. The van der Waals surface area contributed by atoms with Gasteiger partial charge in [-0.3, -0.25) is 14.1 Å². The fourth-order valence-corrected chi connectivity index (χ4v) is 4.81. The van der Waals surface area contributed by atoms with Crippen LogP contribution in [0.15, 0.2) is 48.8 Å². The molecule has 0 bridgehead atoms. The van der Waals surface area contributed by atoms with Crippen molar-refractivity contribution < 1.29 is 13.2 Å². The summed E-state index contributed by atoms with van der Waals surface area (Å²) in [5, 5.41) is 0. The van der Waals surface area contributed by atoms with E-state index in [1.165, 1.54) is 4.31 Å². The summed E-state index contributed by atoms with van der Waals surface area (Å²) in [7, 11) is -1.80. The zero-order valence-corrected chi connectivity index (χ0v) is 16.4. The van der Waals surface area contributed by atoms with Crippen molar-refractivity contribution >= 4 is 21.6 Å². The maximum atomic E-state index is 12.8. The predicted molar refractivity (Wildman–Crippen MR) is 106 cm³/mol. The second kappa shape index (κ2) is 8.52. The lowest BCUT2D eigenvalue weighted by molar-refractivity contribution is -0.129. The lowest BCUT2D eigenvalue weighted by Gasteiger charge is -2.30. The van der Waals surface area contributed by atoms with Gasteiger partial charge in [0.2, 0.25) is 15.9 Å². The highest BCUT2D eigenvalue weighted by Gasteiger charge is 2.28. The van der Waals surface area contributed by atoms with Crippen LogP contribution in [0.2, 0.25) is 0 Å². The molecule has 1 aliphatic rings. The van der Waals surface area contributed by atoms with Crippen LogP contribution >= 0.6 is 0 Å². The van der Waals surface area contributed by atoms with Gasteiger partial charge in [0.05, 0.1) is 11.4 Å². The summed E-state index contributed by atoms with van der Waals surface area (Å²) in [4.78, 5) is 17.9. The fourth-order valence-electron chi connectivity index (χ4n) is 3.28. The van der Waals surface area contributed by atoms with Crippen LogP contribution in [0.5, 0.6) is 0 Å². The largest absolute Gasteiger partial charge is 0.345 e. The molecule has 2 aromatic rings. The summed E-state index contributed by atoms with van der Waals surface area (Å²) in [5.74, 6) is -0.322. The van der Waals surface area contributed by atoms with Gasteiger partial charge < -0.3 is 4.90 Å². The standard InChI is InChI=1S/C20H25N3O3S/c1-22(15-10-17-8-12-21-13-9-17)20(24)11-16-27(25,26)23-14-4-6-18-5-2-3-7-19(18)23/h2-3,5,7-9,12-13H,4,6,10-11,14-16H2,1H3. The third-order valence-electron chi connectivity index (χ3n) is 4.89. The lowest BCUT2D eigenvalue weighted by Crippen LogP contribution is -2.38. The van der Waals surface area contributed by atoms with Crippen LogP contribution in [0, 0.1) is 0 Å². The molecule has 0 fully saturated rings. The molecule has 1 aliphatic heterocycles. The van der Waals surface area contributed by atoms with Crippen molar-refractivity contribution in [2.45, 2.75) is 25.7 Å². The highest BCUT2D eigenvalue weighted by Crippen LogP contribution is 2.29. The molecule has 7 heteroatoms. The summed E-state index contributed by atoms with van der Waals surface area (Å²) in [6.07, 6.45) is 5.85. The number of likely N-dealkylation sites (N-methyl/N-ethyl adjacent to an activating group) is 1. The first-order valence-electron chi connectivity index (χ1n) is 9.18. The maximum Gasteiger partial charge on any atom is 0.235 e. The number of anilines is 1. The van der Waals surface area contributed by atoms with E-state index >= 15 is 0 Å². The molecule has 27 heavy (non-hydrogen) atoms. The zero-order valence-electron chi connectivity index (χ0n) is 15.5. The molecule has 144 valence electrons. The topological polar surface area (TPSA) is 70.6 Å². The number of amides is 1. The Kier molecular flexibility index (Phi) is 6.11. The quantitative estimate of drug-likeness (QED) is 0.731. The summed E-state index contributed by atoms with van der Waals surface area (Å²) in [6, 6.07) is 11.4. The molecule has 1 amide bonds. The van der Waals surface area contributed by atoms with Crippen molar-refractivity contribution in [3.63, 3.8) is 0 Å². The molecule has 6 nitrogen and oxygen atoms in total. The summed E-state index contributed by atoms with van der Waals surface area (Å²) >= 11 is 0. The Labute approximate surface area is 160 Å². The van der Waals surface area contributed by atoms with Crippen molar-refractivity contribution in [3.8, 4) is 0 Å². The van der Waals surface area contributed by atoms with Gasteiger partial charge in [0.25, 0.3) is 0 Å². The molecule has 0 atom stereocenters. The van der Waals surface area contributed by atoms with Crippen LogP contribution < -0.4 is 4.31 Å². The van der Waals surface area contributed by atoms with Crippen molar-refractivity contribution in [2.75, 3.05) is 30.2 Å². The number of benzene rings is 1. The summed E-state index contributed by atoms with van der Waals surface area (Å²) < 4.78 is 27.1. The van der Waals surface area contributed by atoms with E-state index < -0.39 is 10.0 Å². The first kappa shape index (κ1) is 19.4. The van der Waals surface area contributed by atoms with Crippen molar-refractivity contribution in [2.24, 2.45) is 0 Å². The normalized spacial score (nSPS) is 13.9. The van der Waals surface area contributed by atoms with E-state index in [1.807, 2.05) is 36.4 Å². The Morgan fingerprint density at radius 2 is 1.93 bits per heavy atom. The van der Waals surface area contributed by atoms with Crippen molar-refractivity contribution in [3.05, 3.63) is 59.9 Å². The lowest BCUT2D eigenvalue weighted by atomic mass is 10.0. The van der Waals surface area contributed by atoms with Gasteiger partial charge in [-0.15, -0.1) is 0 Å². The molecule has 0 saturated heterocycles. The van der Waals surface area contributed by atoms with Crippen LogP contribution in [0.25, 0.3) is 0 Å². The molecule has 2 heterocycles. The molecule has 1 aromatic heterocycles. The van der Waals surface area contributed by atoms with Crippen LogP contribution in [0.1, 0.15) is 24.0 Å². The van der Waals surface area contributed by atoms with Crippen LogP contribution in [0.3, 0.4) is 0 Å². The number of para-hydroxylation sites is 1. The first-order valence-corrected chi connectivity index (χ1v) is 10.8. The summed E-state index contributed by atoms with van der Waals surface area (Å²) in [5.41, 5.74) is 2.90. The number of carbonyl (C=O) groups excluding carboxylic acids is 1. The average Bonchev–Trinajstić information content (AvgIpc) is 2.70.